The molecule has 0 aliphatic carbocycles. The molecule has 1 atom stereocenters. The van der Waals surface area contributed by atoms with Gasteiger partial charge < -0.3 is 15.3 Å². The molecule has 0 saturated carbocycles. The van der Waals surface area contributed by atoms with Gasteiger partial charge in [0, 0.05) is 19.5 Å². The van der Waals surface area contributed by atoms with Gasteiger partial charge in [0.1, 0.15) is 6.04 Å². The Morgan fingerprint density at radius 2 is 2.25 bits per heavy atom. The molecule has 6 nitrogen and oxygen atoms in total. The number of rotatable bonds is 6. The predicted molar refractivity (Wildman–Crippen MR) is 73.6 cm³/mol. The van der Waals surface area contributed by atoms with Crippen molar-refractivity contribution < 1.29 is 19.5 Å². The monoisotopic (exact) mass is 296 g/mol. The molecule has 1 saturated heterocycles. The van der Waals surface area contributed by atoms with Gasteiger partial charge in [0.2, 0.25) is 5.91 Å². The fourth-order valence-corrected chi connectivity index (χ4v) is 2.66. The predicted octanol–water partition coefficient (Wildman–Crippen LogP) is 0.944. The number of carboxylic acid groups (broad SMARTS) is 1. The number of carboxylic acids is 1. The molecule has 1 aliphatic rings. The molecule has 0 aromatic carbocycles. The van der Waals surface area contributed by atoms with E-state index >= 15 is 0 Å². The van der Waals surface area contributed by atoms with E-state index in [1.165, 1.54) is 16.2 Å². The van der Waals surface area contributed by atoms with Crippen LogP contribution >= 0.6 is 11.3 Å². The van der Waals surface area contributed by atoms with Crippen LogP contribution in [-0.2, 0) is 9.59 Å². The Morgan fingerprint density at radius 3 is 2.80 bits per heavy atom. The number of carbonyl (C=O) groups is 3. The van der Waals surface area contributed by atoms with Crippen LogP contribution in [-0.4, -0.2) is 46.9 Å². The minimum atomic E-state index is -0.949. The SMILES string of the molecule is O=C(NCCCC(=O)N1CC[C@@H]1C(=O)O)c1cccs1. The second-order valence-corrected chi connectivity index (χ2v) is 5.51. The smallest absolute Gasteiger partial charge is 0.326 e. The third kappa shape index (κ3) is 3.36. The first-order chi connectivity index (χ1) is 9.59. The second-order valence-electron chi connectivity index (χ2n) is 4.57. The lowest BCUT2D eigenvalue weighted by atomic mass is 10.0. The lowest BCUT2D eigenvalue weighted by Crippen LogP contribution is -2.55. The largest absolute Gasteiger partial charge is 0.480 e. The van der Waals surface area contributed by atoms with Crippen LogP contribution in [0.5, 0.6) is 0 Å². The number of hydrogen-bond donors (Lipinski definition) is 2. The van der Waals surface area contributed by atoms with E-state index < -0.39 is 12.0 Å². The number of nitrogens with one attached hydrogen (secondary N) is 1. The number of thiophene rings is 1. The topological polar surface area (TPSA) is 86.7 Å². The first-order valence-corrected chi connectivity index (χ1v) is 7.31. The molecule has 0 spiro atoms. The Kier molecular flexibility index (Phi) is 4.73. The summed E-state index contributed by atoms with van der Waals surface area (Å²) in [6, 6.07) is 2.88. The molecule has 0 bridgehead atoms. The lowest BCUT2D eigenvalue weighted by Gasteiger charge is -2.38. The third-order valence-corrected chi connectivity index (χ3v) is 4.09. The van der Waals surface area contributed by atoms with Crippen LogP contribution in [0.15, 0.2) is 17.5 Å². The minimum Gasteiger partial charge on any atom is -0.480 e. The zero-order chi connectivity index (χ0) is 14.5. The van der Waals surface area contributed by atoms with E-state index in [9.17, 15) is 14.4 Å². The highest BCUT2D eigenvalue weighted by Crippen LogP contribution is 2.18. The summed E-state index contributed by atoms with van der Waals surface area (Å²) < 4.78 is 0. The zero-order valence-electron chi connectivity index (χ0n) is 10.9. The van der Waals surface area contributed by atoms with E-state index in [1.54, 1.807) is 12.1 Å². The average molecular weight is 296 g/mol. The molecule has 108 valence electrons. The van der Waals surface area contributed by atoms with Crippen molar-refractivity contribution in [1.29, 1.82) is 0 Å². The Morgan fingerprint density at radius 1 is 1.45 bits per heavy atom. The van der Waals surface area contributed by atoms with Gasteiger partial charge in [-0.05, 0) is 24.3 Å². The quantitative estimate of drug-likeness (QED) is 0.765. The molecule has 1 aromatic rings. The van der Waals surface area contributed by atoms with E-state index in [1.807, 2.05) is 5.38 Å². The van der Waals surface area contributed by atoms with Crippen molar-refractivity contribution in [3.63, 3.8) is 0 Å². The van der Waals surface area contributed by atoms with Gasteiger partial charge >= 0.3 is 5.97 Å². The standard InChI is InChI=1S/C13H16N2O4S/c16-11(15-7-5-9(15)13(18)19)4-1-6-14-12(17)10-3-2-8-20-10/h2-3,8-9H,1,4-7H2,(H,14,17)(H,18,19)/t9-/m1/s1. The second kappa shape index (κ2) is 6.51. The summed E-state index contributed by atoms with van der Waals surface area (Å²) in [4.78, 5) is 36.2. The summed E-state index contributed by atoms with van der Waals surface area (Å²) in [6.45, 7) is 0.922. The molecule has 0 radical (unpaired) electrons. The highest BCUT2D eigenvalue weighted by molar-refractivity contribution is 7.12. The van der Waals surface area contributed by atoms with Crippen molar-refractivity contribution in [2.45, 2.75) is 25.3 Å². The van der Waals surface area contributed by atoms with Crippen LogP contribution in [0.3, 0.4) is 0 Å². The van der Waals surface area contributed by atoms with E-state index in [4.69, 9.17) is 5.11 Å². The lowest BCUT2D eigenvalue weighted by molar-refractivity contribution is -0.157. The Bertz CT molecular complexity index is 500. The third-order valence-electron chi connectivity index (χ3n) is 3.22. The molecule has 1 aromatic heterocycles. The van der Waals surface area contributed by atoms with Crippen LogP contribution in [0.2, 0.25) is 0 Å². The van der Waals surface area contributed by atoms with Crippen LogP contribution in [0.25, 0.3) is 0 Å². The molecule has 2 rings (SSSR count). The Hall–Kier alpha value is -1.89. The zero-order valence-corrected chi connectivity index (χ0v) is 11.7. The number of aliphatic carboxylic acids is 1. The van der Waals surface area contributed by atoms with Gasteiger partial charge in [0.25, 0.3) is 5.91 Å². The molecule has 2 heterocycles. The normalized spacial score (nSPS) is 17.4. The van der Waals surface area contributed by atoms with Crippen molar-refractivity contribution in [1.82, 2.24) is 10.2 Å². The summed E-state index contributed by atoms with van der Waals surface area (Å²) >= 11 is 1.36. The summed E-state index contributed by atoms with van der Waals surface area (Å²) in [5.41, 5.74) is 0. The molecule has 0 unspecified atom stereocenters. The van der Waals surface area contributed by atoms with Crippen molar-refractivity contribution in [3.05, 3.63) is 22.4 Å². The van der Waals surface area contributed by atoms with Gasteiger partial charge in [-0.3, -0.25) is 9.59 Å². The van der Waals surface area contributed by atoms with Gasteiger partial charge in [-0.15, -0.1) is 11.3 Å². The molecule has 1 aliphatic heterocycles. The summed E-state index contributed by atoms with van der Waals surface area (Å²) in [7, 11) is 0. The van der Waals surface area contributed by atoms with Crippen molar-refractivity contribution in [3.8, 4) is 0 Å². The first-order valence-electron chi connectivity index (χ1n) is 6.43. The highest BCUT2D eigenvalue weighted by Gasteiger charge is 2.36. The minimum absolute atomic E-state index is 0.139. The van der Waals surface area contributed by atoms with Crippen LogP contribution in [0, 0.1) is 0 Å². The van der Waals surface area contributed by atoms with E-state index in [0.717, 1.165) is 0 Å². The van der Waals surface area contributed by atoms with Crippen molar-refractivity contribution in [2.24, 2.45) is 0 Å². The van der Waals surface area contributed by atoms with Crippen LogP contribution in [0.4, 0.5) is 0 Å². The van der Waals surface area contributed by atoms with Gasteiger partial charge in [0.05, 0.1) is 4.88 Å². The molecule has 2 amide bonds. The van der Waals surface area contributed by atoms with Gasteiger partial charge in [-0.1, -0.05) is 6.07 Å². The molecule has 7 heteroatoms. The number of likely N-dealkylation sites (tertiary alicyclic amines) is 1. The molecule has 1 fully saturated rings. The summed E-state index contributed by atoms with van der Waals surface area (Å²) in [5, 5.41) is 13.4. The van der Waals surface area contributed by atoms with Crippen molar-refractivity contribution in [2.75, 3.05) is 13.1 Å². The Labute approximate surface area is 120 Å². The molecular formula is C13H16N2O4S. The number of amides is 2. The molecular weight excluding hydrogens is 280 g/mol. The fraction of sp³-hybridized carbons (Fsp3) is 0.462. The van der Waals surface area contributed by atoms with E-state index in [2.05, 4.69) is 5.32 Å². The van der Waals surface area contributed by atoms with Crippen molar-refractivity contribution >= 4 is 29.1 Å². The average Bonchev–Trinajstić information content (AvgIpc) is 2.85. The number of nitrogens with zero attached hydrogens (tertiary/aromatic N) is 1. The number of hydrogen-bond acceptors (Lipinski definition) is 4. The maximum Gasteiger partial charge on any atom is 0.326 e. The summed E-state index contributed by atoms with van der Waals surface area (Å²) in [5.74, 6) is -1.25. The van der Waals surface area contributed by atoms with Gasteiger partial charge in [-0.25, -0.2) is 4.79 Å². The van der Waals surface area contributed by atoms with E-state index in [-0.39, 0.29) is 18.2 Å². The van der Waals surface area contributed by atoms with E-state index in [0.29, 0.717) is 30.8 Å². The number of carbonyl (C=O) groups excluding carboxylic acids is 2. The maximum atomic E-state index is 11.8. The van der Waals surface area contributed by atoms with Gasteiger partial charge in [-0.2, -0.15) is 0 Å². The van der Waals surface area contributed by atoms with Crippen LogP contribution < -0.4 is 5.32 Å². The molecule has 2 N–H and O–H groups in total. The first kappa shape index (κ1) is 14.5. The fourth-order valence-electron chi connectivity index (χ4n) is 2.02. The maximum absolute atomic E-state index is 11.8. The molecule has 20 heavy (non-hydrogen) atoms. The Balaban J connectivity index is 1.65. The highest BCUT2D eigenvalue weighted by atomic mass is 32.1. The van der Waals surface area contributed by atoms with Gasteiger partial charge in [0.15, 0.2) is 0 Å². The van der Waals surface area contributed by atoms with Crippen LogP contribution in [0.1, 0.15) is 28.9 Å². The summed E-state index contributed by atoms with van der Waals surface area (Å²) in [6.07, 6.45) is 1.30.